The van der Waals surface area contributed by atoms with Gasteiger partial charge in [0.05, 0.1) is 5.69 Å². The van der Waals surface area contributed by atoms with E-state index in [0.717, 1.165) is 5.92 Å². The van der Waals surface area contributed by atoms with Gasteiger partial charge in [0.1, 0.15) is 0 Å². The monoisotopic (exact) mass is 255 g/mol. The van der Waals surface area contributed by atoms with E-state index in [1.807, 2.05) is 0 Å². The quantitative estimate of drug-likeness (QED) is 0.590. The predicted molar refractivity (Wildman–Crippen MR) is 82.4 cm³/mol. The molecule has 1 aliphatic heterocycles. The molecule has 0 N–H and O–H groups in total. The van der Waals surface area contributed by atoms with Gasteiger partial charge in [0.25, 0.3) is 0 Å². The molecule has 0 amide bonds. The van der Waals surface area contributed by atoms with Gasteiger partial charge in [-0.1, -0.05) is 43.4 Å². The molecule has 1 aliphatic carbocycles. The highest BCUT2D eigenvalue weighted by molar-refractivity contribution is 5.87. The van der Waals surface area contributed by atoms with Gasteiger partial charge < -0.3 is 0 Å². The maximum Gasteiger partial charge on any atom is 0.0661 e. The molecule has 1 nitrogen and oxygen atoms in total. The van der Waals surface area contributed by atoms with Crippen molar-refractivity contribution in [2.75, 3.05) is 0 Å². The van der Waals surface area contributed by atoms with Crippen LogP contribution < -0.4 is 0 Å². The van der Waals surface area contributed by atoms with E-state index >= 15 is 0 Å². The number of nitrogens with zero attached hydrogens (tertiary/aromatic N) is 1. The van der Waals surface area contributed by atoms with E-state index in [1.165, 1.54) is 80.3 Å². The zero-order chi connectivity index (χ0) is 13.1. The molecule has 1 aromatic carbocycles. The Labute approximate surface area is 117 Å². The van der Waals surface area contributed by atoms with E-state index in [0.29, 0.717) is 0 Å². The fraction of sp³-hybridized carbons (Fsp3) is 0.611. The lowest BCUT2D eigenvalue weighted by molar-refractivity contribution is 0.421. The lowest BCUT2D eigenvalue weighted by atomic mass is 9.85. The van der Waals surface area contributed by atoms with Crippen molar-refractivity contribution in [2.45, 2.75) is 64.7 Å². The molecule has 1 saturated carbocycles. The SMILES string of the molecule is Cc1ccc2c(c1)CC1CCCCCC/C(=N/2)CC1. The van der Waals surface area contributed by atoms with Crippen LogP contribution in [0.2, 0.25) is 0 Å². The fourth-order valence-electron chi connectivity index (χ4n) is 3.54. The standard InChI is InChI=1S/C18H25N/c1-14-8-11-18-16(12-14)13-15-6-4-2-3-5-7-17(19-18)10-9-15/h8,11-12,15H,2-7,9-10,13H2,1H3/b19-17-. The maximum absolute atomic E-state index is 4.99. The van der Waals surface area contributed by atoms with Crippen LogP contribution in [0.1, 0.15) is 62.5 Å². The Morgan fingerprint density at radius 1 is 1.00 bits per heavy atom. The predicted octanol–water partition coefficient (Wildman–Crippen LogP) is 5.37. The van der Waals surface area contributed by atoms with E-state index in [2.05, 4.69) is 25.1 Å². The summed E-state index contributed by atoms with van der Waals surface area (Å²) in [6.45, 7) is 2.20. The van der Waals surface area contributed by atoms with Crippen LogP contribution in [0, 0.1) is 12.8 Å². The molecule has 0 saturated heterocycles. The minimum atomic E-state index is 0.879. The van der Waals surface area contributed by atoms with Crippen LogP contribution in [-0.2, 0) is 6.42 Å². The van der Waals surface area contributed by atoms with Crippen LogP contribution in [0.25, 0.3) is 0 Å². The summed E-state index contributed by atoms with van der Waals surface area (Å²) < 4.78 is 0. The highest BCUT2D eigenvalue weighted by Gasteiger charge is 2.18. The fourth-order valence-corrected chi connectivity index (χ4v) is 3.54. The Balaban J connectivity index is 1.97. The first-order chi connectivity index (χ1) is 9.31. The Hall–Kier alpha value is -1.11. The van der Waals surface area contributed by atoms with E-state index in [-0.39, 0.29) is 0 Å². The second-order valence-electron chi connectivity index (χ2n) is 6.37. The van der Waals surface area contributed by atoms with Crippen LogP contribution in [-0.4, -0.2) is 5.71 Å². The third-order valence-corrected chi connectivity index (χ3v) is 4.69. The summed E-state index contributed by atoms with van der Waals surface area (Å²) >= 11 is 0. The molecule has 1 unspecified atom stereocenters. The Morgan fingerprint density at radius 3 is 2.84 bits per heavy atom. The van der Waals surface area contributed by atoms with E-state index in [1.54, 1.807) is 0 Å². The maximum atomic E-state index is 4.99. The number of aliphatic imine (C=N–C) groups is 1. The molecule has 1 fully saturated rings. The molecular formula is C18H25N. The van der Waals surface area contributed by atoms with Gasteiger partial charge in [-0.3, -0.25) is 4.99 Å². The topological polar surface area (TPSA) is 12.4 Å². The molecule has 1 aromatic rings. The van der Waals surface area contributed by atoms with Crippen LogP contribution in [0.4, 0.5) is 5.69 Å². The molecule has 19 heavy (non-hydrogen) atoms. The first kappa shape index (κ1) is 12.9. The highest BCUT2D eigenvalue weighted by Crippen LogP contribution is 2.32. The zero-order valence-corrected chi connectivity index (χ0v) is 12.1. The Bertz CT molecular complexity index is 473. The first-order valence-corrected chi connectivity index (χ1v) is 7.97. The van der Waals surface area contributed by atoms with Crippen LogP contribution in [0.5, 0.6) is 0 Å². The van der Waals surface area contributed by atoms with Gasteiger partial charge in [-0.15, -0.1) is 0 Å². The van der Waals surface area contributed by atoms with Gasteiger partial charge in [-0.25, -0.2) is 0 Å². The van der Waals surface area contributed by atoms with Crippen molar-refractivity contribution < 1.29 is 0 Å². The molecule has 1 atom stereocenters. The first-order valence-electron chi connectivity index (χ1n) is 7.97. The highest BCUT2D eigenvalue weighted by atomic mass is 14.8. The smallest absolute Gasteiger partial charge is 0.0661 e. The van der Waals surface area contributed by atoms with Crippen LogP contribution in [0.15, 0.2) is 23.2 Å². The third-order valence-electron chi connectivity index (χ3n) is 4.69. The van der Waals surface area contributed by atoms with Gasteiger partial charge in [0.2, 0.25) is 0 Å². The average Bonchev–Trinajstić information content (AvgIpc) is 2.38. The number of rotatable bonds is 0. The summed E-state index contributed by atoms with van der Waals surface area (Å²) in [6, 6.07) is 6.81. The summed E-state index contributed by atoms with van der Waals surface area (Å²) in [6.07, 6.45) is 12.1. The number of benzene rings is 1. The molecule has 2 aliphatic rings. The average molecular weight is 255 g/mol. The molecule has 0 spiro atoms. The second kappa shape index (κ2) is 5.90. The van der Waals surface area contributed by atoms with Crippen molar-refractivity contribution in [1.82, 2.24) is 0 Å². The van der Waals surface area contributed by atoms with E-state index in [4.69, 9.17) is 4.99 Å². The largest absolute Gasteiger partial charge is 0.258 e. The minimum absolute atomic E-state index is 0.879. The normalized spacial score (nSPS) is 26.8. The Kier molecular flexibility index (Phi) is 4.00. The molecule has 0 radical (unpaired) electrons. The van der Waals surface area contributed by atoms with Crippen molar-refractivity contribution in [3.8, 4) is 0 Å². The molecule has 1 heterocycles. The zero-order valence-electron chi connectivity index (χ0n) is 12.1. The van der Waals surface area contributed by atoms with Crippen molar-refractivity contribution >= 4 is 11.4 Å². The summed E-state index contributed by atoms with van der Waals surface area (Å²) in [5, 5.41) is 0. The van der Waals surface area contributed by atoms with Crippen LogP contribution in [0.3, 0.4) is 0 Å². The Morgan fingerprint density at radius 2 is 1.89 bits per heavy atom. The van der Waals surface area contributed by atoms with Gasteiger partial charge in [0, 0.05) is 5.71 Å². The van der Waals surface area contributed by atoms with Gasteiger partial charge in [0.15, 0.2) is 0 Å². The van der Waals surface area contributed by atoms with Gasteiger partial charge in [-0.05, 0) is 56.6 Å². The summed E-state index contributed by atoms with van der Waals surface area (Å²) in [4.78, 5) is 4.99. The van der Waals surface area contributed by atoms with Crippen LogP contribution >= 0.6 is 0 Å². The molecule has 102 valence electrons. The number of aryl methyl sites for hydroxylation is 1. The number of hydrogen-bond donors (Lipinski definition) is 0. The summed E-state index contributed by atoms with van der Waals surface area (Å²) in [5.41, 5.74) is 5.58. The molecule has 0 aromatic heterocycles. The number of fused-ring (bicyclic) bond motifs is 4. The molecule has 2 bridgehead atoms. The van der Waals surface area contributed by atoms with Crippen molar-refractivity contribution in [2.24, 2.45) is 10.9 Å². The molecule has 1 heteroatoms. The summed E-state index contributed by atoms with van der Waals surface area (Å²) in [5.74, 6) is 0.879. The van der Waals surface area contributed by atoms with Crippen molar-refractivity contribution in [3.63, 3.8) is 0 Å². The van der Waals surface area contributed by atoms with Crippen molar-refractivity contribution in [1.29, 1.82) is 0 Å². The lowest BCUT2D eigenvalue weighted by Gasteiger charge is -2.23. The van der Waals surface area contributed by atoms with Gasteiger partial charge >= 0.3 is 0 Å². The van der Waals surface area contributed by atoms with Crippen molar-refractivity contribution in [3.05, 3.63) is 29.3 Å². The molecular weight excluding hydrogens is 230 g/mol. The summed E-state index contributed by atoms with van der Waals surface area (Å²) in [7, 11) is 0. The molecule has 3 rings (SSSR count). The number of hydrogen-bond acceptors (Lipinski definition) is 1. The van der Waals surface area contributed by atoms with Gasteiger partial charge in [-0.2, -0.15) is 0 Å². The van der Waals surface area contributed by atoms with E-state index < -0.39 is 0 Å². The van der Waals surface area contributed by atoms with E-state index in [9.17, 15) is 0 Å². The lowest BCUT2D eigenvalue weighted by Crippen LogP contribution is -2.13. The minimum Gasteiger partial charge on any atom is -0.258 e. The third kappa shape index (κ3) is 3.26. The second-order valence-corrected chi connectivity index (χ2v) is 6.37.